The summed E-state index contributed by atoms with van der Waals surface area (Å²) in [5.74, 6) is -0.417. The number of piperazine rings is 1. The van der Waals surface area contributed by atoms with Gasteiger partial charge in [0.15, 0.2) is 0 Å². The number of carbonyl (C=O) groups excluding carboxylic acids is 2. The van der Waals surface area contributed by atoms with Crippen molar-refractivity contribution in [2.45, 2.75) is 44.1 Å². The summed E-state index contributed by atoms with van der Waals surface area (Å²) in [6.07, 6.45) is 5.03. The second-order valence-corrected chi connectivity index (χ2v) is 7.31. The largest absolute Gasteiger partial charge is 0.340 e. The molecule has 0 aromatic rings. The molecule has 23 heavy (non-hydrogen) atoms. The second-order valence-electron chi connectivity index (χ2n) is 7.31. The molecule has 2 saturated carbocycles. The third-order valence-corrected chi connectivity index (χ3v) is 5.56. The molecule has 3 aliphatic rings. The standard InChI is InChI=1S/C17H26N4O2/c1-20-8-10-21(11-9-20)16(23)14-5-3-2-4-13(14)15(22)19-17(12-18)6-7-17/h13-14H,2-11H2,1H3,(H,19,22). The Kier molecular flexibility index (Phi) is 4.58. The van der Waals surface area contributed by atoms with E-state index in [1.54, 1.807) is 0 Å². The van der Waals surface area contributed by atoms with Crippen LogP contribution in [-0.2, 0) is 9.59 Å². The highest BCUT2D eigenvalue weighted by Crippen LogP contribution is 2.37. The van der Waals surface area contributed by atoms with Crippen LogP contribution in [0.4, 0.5) is 0 Å². The van der Waals surface area contributed by atoms with Gasteiger partial charge in [-0.1, -0.05) is 12.8 Å². The Bertz CT molecular complexity index is 515. The van der Waals surface area contributed by atoms with E-state index in [1.165, 1.54) is 0 Å². The fraction of sp³-hybridized carbons (Fsp3) is 0.824. The van der Waals surface area contributed by atoms with Crippen LogP contribution in [0.5, 0.6) is 0 Å². The van der Waals surface area contributed by atoms with Gasteiger partial charge in [-0.05, 0) is 32.7 Å². The van der Waals surface area contributed by atoms with E-state index in [-0.39, 0.29) is 23.7 Å². The first-order chi connectivity index (χ1) is 11.0. The van der Waals surface area contributed by atoms with Gasteiger partial charge in [-0.25, -0.2) is 0 Å². The minimum atomic E-state index is -0.643. The maximum atomic E-state index is 12.9. The molecule has 0 aromatic heterocycles. The van der Waals surface area contributed by atoms with E-state index in [4.69, 9.17) is 5.26 Å². The summed E-state index contributed by atoms with van der Waals surface area (Å²) in [7, 11) is 2.07. The zero-order chi connectivity index (χ0) is 16.4. The van der Waals surface area contributed by atoms with Crippen molar-refractivity contribution in [2.75, 3.05) is 33.2 Å². The Morgan fingerprint density at radius 2 is 1.70 bits per heavy atom. The molecule has 3 fully saturated rings. The maximum absolute atomic E-state index is 12.9. The lowest BCUT2D eigenvalue weighted by atomic mass is 9.77. The van der Waals surface area contributed by atoms with Crippen LogP contribution in [0.1, 0.15) is 38.5 Å². The second kappa shape index (κ2) is 6.48. The fourth-order valence-corrected chi connectivity index (χ4v) is 3.72. The van der Waals surface area contributed by atoms with Crippen molar-refractivity contribution in [1.82, 2.24) is 15.1 Å². The summed E-state index contributed by atoms with van der Waals surface area (Å²) in [6.45, 7) is 3.30. The van der Waals surface area contributed by atoms with Crippen LogP contribution in [0.15, 0.2) is 0 Å². The summed E-state index contributed by atoms with van der Waals surface area (Å²) in [5, 5.41) is 12.1. The maximum Gasteiger partial charge on any atom is 0.226 e. The topological polar surface area (TPSA) is 76.4 Å². The van der Waals surface area contributed by atoms with Gasteiger partial charge in [-0.2, -0.15) is 5.26 Å². The number of likely N-dealkylation sites (N-methyl/N-ethyl adjacent to an activating group) is 1. The molecule has 0 bridgehead atoms. The molecular weight excluding hydrogens is 292 g/mol. The minimum absolute atomic E-state index is 0.0868. The number of carbonyl (C=O) groups is 2. The van der Waals surface area contributed by atoms with Crippen molar-refractivity contribution in [3.8, 4) is 6.07 Å². The predicted molar refractivity (Wildman–Crippen MR) is 85.2 cm³/mol. The highest BCUT2D eigenvalue weighted by Gasteiger charge is 2.47. The highest BCUT2D eigenvalue weighted by atomic mass is 16.2. The van der Waals surface area contributed by atoms with Gasteiger partial charge in [-0.15, -0.1) is 0 Å². The molecular formula is C17H26N4O2. The lowest BCUT2D eigenvalue weighted by Gasteiger charge is -2.38. The van der Waals surface area contributed by atoms with Crippen molar-refractivity contribution in [3.05, 3.63) is 0 Å². The van der Waals surface area contributed by atoms with E-state index in [9.17, 15) is 9.59 Å². The normalized spacial score (nSPS) is 30.3. The zero-order valence-electron chi connectivity index (χ0n) is 13.9. The first-order valence-electron chi connectivity index (χ1n) is 8.75. The molecule has 6 heteroatoms. The van der Waals surface area contributed by atoms with Crippen LogP contribution < -0.4 is 5.32 Å². The number of hydrogen-bond acceptors (Lipinski definition) is 4. The van der Waals surface area contributed by atoms with Crippen molar-refractivity contribution in [1.29, 1.82) is 5.26 Å². The molecule has 1 saturated heterocycles. The van der Waals surface area contributed by atoms with Gasteiger partial charge < -0.3 is 15.1 Å². The first-order valence-corrected chi connectivity index (χ1v) is 8.75. The summed E-state index contributed by atoms with van der Waals surface area (Å²) in [6, 6.07) is 2.20. The quantitative estimate of drug-likeness (QED) is 0.833. The van der Waals surface area contributed by atoms with Crippen LogP contribution in [0, 0.1) is 23.2 Å². The summed E-state index contributed by atoms with van der Waals surface area (Å²) < 4.78 is 0. The molecule has 2 unspecified atom stereocenters. The van der Waals surface area contributed by atoms with E-state index in [1.807, 2.05) is 4.90 Å². The van der Waals surface area contributed by atoms with Crippen LogP contribution in [0.25, 0.3) is 0 Å². The van der Waals surface area contributed by atoms with Crippen molar-refractivity contribution in [3.63, 3.8) is 0 Å². The Balaban J connectivity index is 1.65. The number of nitriles is 1. The minimum Gasteiger partial charge on any atom is -0.340 e. The molecule has 2 amide bonds. The SMILES string of the molecule is CN1CCN(C(=O)C2CCCCC2C(=O)NC2(C#N)CC2)CC1. The van der Waals surface area contributed by atoms with Gasteiger partial charge in [0.2, 0.25) is 11.8 Å². The molecule has 1 N–H and O–H groups in total. The Hall–Kier alpha value is -1.61. The van der Waals surface area contributed by atoms with Crippen molar-refractivity contribution >= 4 is 11.8 Å². The van der Waals surface area contributed by atoms with Gasteiger partial charge >= 0.3 is 0 Å². The van der Waals surface area contributed by atoms with E-state index in [0.29, 0.717) is 0 Å². The van der Waals surface area contributed by atoms with Crippen molar-refractivity contribution in [2.24, 2.45) is 11.8 Å². The Labute approximate surface area is 137 Å². The van der Waals surface area contributed by atoms with Crippen LogP contribution in [-0.4, -0.2) is 60.4 Å². The lowest BCUT2D eigenvalue weighted by molar-refractivity contribution is -0.145. The first kappa shape index (κ1) is 16.3. The summed E-state index contributed by atoms with van der Waals surface area (Å²) in [4.78, 5) is 29.7. The molecule has 3 rings (SSSR count). The van der Waals surface area contributed by atoms with E-state index in [0.717, 1.165) is 64.7 Å². The Morgan fingerprint density at radius 3 is 2.26 bits per heavy atom. The third kappa shape index (κ3) is 3.50. The molecule has 2 atom stereocenters. The monoisotopic (exact) mass is 318 g/mol. The van der Waals surface area contributed by atoms with E-state index < -0.39 is 5.54 Å². The smallest absolute Gasteiger partial charge is 0.226 e. The lowest BCUT2D eigenvalue weighted by Crippen LogP contribution is -2.52. The molecule has 6 nitrogen and oxygen atoms in total. The zero-order valence-corrected chi connectivity index (χ0v) is 13.9. The van der Waals surface area contributed by atoms with Gasteiger partial charge in [0, 0.05) is 38.0 Å². The van der Waals surface area contributed by atoms with E-state index >= 15 is 0 Å². The number of hydrogen-bond donors (Lipinski definition) is 1. The van der Waals surface area contributed by atoms with Gasteiger partial charge in [0.25, 0.3) is 0 Å². The molecule has 0 spiro atoms. The molecule has 1 aliphatic heterocycles. The van der Waals surface area contributed by atoms with Gasteiger partial charge in [0.05, 0.1) is 6.07 Å². The van der Waals surface area contributed by atoms with Crippen LogP contribution in [0.3, 0.4) is 0 Å². The molecule has 0 aromatic carbocycles. The average molecular weight is 318 g/mol. The Morgan fingerprint density at radius 1 is 1.09 bits per heavy atom. The number of nitrogens with zero attached hydrogens (tertiary/aromatic N) is 3. The van der Waals surface area contributed by atoms with Crippen LogP contribution >= 0.6 is 0 Å². The molecule has 126 valence electrons. The number of amides is 2. The van der Waals surface area contributed by atoms with Crippen LogP contribution in [0.2, 0.25) is 0 Å². The van der Waals surface area contributed by atoms with Gasteiger partial charge in [0.1, 0.15) is 5.54 Å². The van der Waals surface area contributed by atoms with E-state index in [2.05, 4.69) is 23.3 Å². The fourth-order valence-electron chi connectivity index (χ4n) is 3.72. The van der Waals surface area contributed by atoms with Gasteiger partial charge in [-0.3, -0.25) is 9.59 Å². The average Bonchev–Trinajstić information content (AvgIpc) is 3.35. The summed E-state index contributed by atoms with van der Waals surface area (Å²) >= 11 is 0. The summed E-state index contributed by atoms with van der Waals surface area (Å²) in [5.41, 5.74) is -0.643. The number of nitrogens with one attached hydrogen (secondary N) is 1. The van der Waals surface area contributed by atoms with Crippen molar-refractivity contribution < 1.29 is 9.59 Å². The highest BCUT2D eigenvalue weighted by molar-refractivity contribution is 5.88. The molecule has 1 heterocycles. The predicted octanol–water partition coefficient (Wildman–Crippen LogP) is 0.739. The third-order valence-electron chi connectivity index (χ3n) is 5.56. The molecule has 2 aliphatic carbocycles. The molecule has 0 radical (unpaired) electrons. The number of rotatable bonds is 3.